The minimum Gasteiger partial charge on any atom is -0.494 e. The van der Waals surface area contributed by atoms with Gasteiger partial charge in [-0.05, 0) is 36.2 Å². The van der Waals surface area contributed by atoms with Crippen LogP contribution in [0.1, 0.15) is 37.4 Å². The van der Waals surface area contributed by atoms with Crippen molar-refractivity contribution in [1.82, 2.24) is 5.32 Å². The van der Waals surface area contributed by atoms with E-state index in [1.165, 1.54) is 11.1 Å². The van der Waals surface area contributed by atoms with E-state index in [0.717, 1.165) is 31.7 Å². The second-order valence-corrected chi connectivity index (χ2v) is 5.16. The van der Waals surface area contributed by atoms with Crippen LogP contribution in [0, 0.1) is 0 Å². The molecule has 0 fully saturated rings. The molecule has 1 atom stereocenters. The van der Waals surface area contributed by atoms with Gasteiger partial charge in [0.15, 0.2) is 0 Å². The van der Waals surface area contributed by atoms with Crippen molar-refractivity contribution in [1.29, 1.82) is 0 Å². The number of para-hydroxylation sites is 1. The average molecular weight is 283 g/mol. The number of ether oxygens (including phenoxy) is 1. The monoisotopic (exact) mass is 283 g/mol. The molecule has 0 aliphatic carbocycles. The predicted molar refractivity (Wildman–Crippen MR) is 88.8 cm³/mol. The summed E-state index contributed by atoms with van der Waals surface area (Å²) >= 11 is 0. The summed E-state index contributed by atoms with van der Waals surface area (Å²) in [5.74, 6) is 0.939. The molecular formula is C19H25NO. The lowest BCUT2D eigenvalue weighted by molar-refractivity contribution is 0.287. The molecular weight excluding hydrogens is 258 g/mol. The van der Waals surface area contributed by atoms with Crippen molar-refractivity contribution in [2.45, 2.75) is 32.7 Å². The first kappa shape index (κ1) is 15.6. The lowest BCUT2D eigenvalue weighted by atomic mass is 10.0. The molecule has 0 radical (unpaired) electrons. The Hall–Kier alpha value is -1.80. The van der Waals surface area contributed by atoms with Gasteiger partial charge in [0.05, 0.1) is 6.61 Å². The minimum atomic E-state index is 0.351. The maximum absolute atomic E-state index is 5.81. The van der Waals surface area contributed by atoms with Gasteiger partial charge >= 0.3 is 0 Å². The van der Waals surface area contributed by atoms with E-state index in [0.29, 0.717) is 6.04 Å². The molecule has 2 aromatic rings. The van der Waals surface area contributed by atoms with Crippen LogP contribution < -0.4 is 10.1 Å². The Bertz CT molecular complexity index is 507. The second kappa shape index (κ2) is 8.48. The van der Waals surface area contributed by atoms with Gasteiger partial charge in [-0.2, -0.15) is 0 Å². The lowest BCUT2D eigenvalue weighted by Crippen LogP contribution is -2.22. The molecule has 112 valence electrons. The smallest absolute Gasteiger partial charge is 0.119 e. The number of hydrogen-bond acceptors (Lipinski definition) is 2. The molecule has 0 saturated carbocycles. The SMILES string of the molecule is CCNC(CCOc1ccccc1)c1ccc(CC)cc1. The fraction of sp³-hybridized carbons (Fsp3) is 0.368. The molecule has 1 N–H and O–H groups in total. The highest BCUT2D eigenvalue weighted by atomic mass is 16.5. The first-order valence-electron chi connectivity index (χ1n) is 7.83. The zero-order valence-electron chi connectivity index (χ0n) is 13.0. The van der Waals surface area contributed by atoms with Crippen molar-refractivity contribution in [3.8, 4) is 5.75 Å². The van der Waals surface area contributed by atoms with E-state index in [-0.39, 0.29) is 0 Å². The summed E-state index contributed by atoms with van der Waals surface area (Å²) in [5, 5.41) is 3.54. The van der Waals surface area contributed by atoms with Crippen molar-refractivity contribution >= 4 is 0 Å². The lowest BCUT2D eigenvalue weighted by Gasteiger charge is -2.19. The summed E-state index contributed by atoms with van der Waals surface area (Å²) in [6, 6.07) is 19.3. The van der Waals surface area contributed by atoms with E-state index in [1.807, 2.05) is 30.3 Å². The second-order valence-electron chi connectivity index (χ2n) is 5.16. The van der Waals surface area contributed by atoms with Gasteiger partial charge in [0.2, 0.25) is 0 Å². The molecule has 0 spiro atoms. The molecule has 2 nitrogen and oxygen atoms in total. The van der Waals surface area contributed by atoms with Crippen LogP contribution in [-0.4, -0.2) is 13.2 Å². The van der Waals surface area contributed by atoms with Crippen molar-refractivity contribution in [2.24, 2.45) is 0 Å². The third-order valence-corrected chi connectivity index (χ3v) is 3.66. The third-order valence-electron chi connectivity index (χ3n) is 3.66. The Labute approximate surface area is 128 Å². The fourth-order valence-corrected chi connectivity index (χ4v) is 2.43. The van der Waals surface area contributed by atoms with Gasteiger partial charge in [-0.3, -0.25) is 0 Å². The number of nitrogens with one attached hydrogen (secondary N) is 1. The number of aryl methyl sites for hydroxylation is 1. The molecule has 1 unspecified atom stereocenters. The summed E-state index contributed by atoms with van der Waals surface area (Å²) in [4.78, 5) is 0. The molecule has 2 heteroatoms. The van der Waals surface area contributed by atoms with E-state index in [2.05, 4.69) is 43.4 Å². The molecule has 0 aliphatic rings. The minimum absolute atomic E-state index is 0.351. The van der Waals surface area contributed by atoms with Crippen LogP contribution in [-0.2, 0) is 6.42 Å². The molecule has 0 saturated heterocycles. The van der Waals surface area contributed by atoms with E-state index >= 15 is 0 Å². The van der Waals surface area contributed by atoms with E-state index < -0.39 is 0 Å². The molecule has 0 heterocycles. The summed E-state index contributed by atoms with van der Waals surface area (Å²) in [7, 11) is 0. The van der Waals surface area contributed by atoms with Gasteiger partial charge in [-0.1, -0.05) is 56.3 Å². The Morgan fingerprint density at radius 2 is 1.67 bits per heavy atom. The molecule has 0 aromatic heterocycles. The predicted octanol–water partition coefficient (Wildman–Crippen LogP) is 4.37. The molecule has 0 aliphatic heterocycles. The van der Waals surface area contributed by atoms with Crippen LogP contribution in [0.25, 0.3) is 0 Å². The maximum atomic E-state index is 5.81. The van der Waals surface area contributed by atoms with Crippen LogP contribution in [0.5, 0.6) is 5.75 Å². The van der Waals surface area contributed by atoms with Gasteiger partial charge in [0, 0.05) is 12.5 Å². The van der Waals surface area contributed by atoms with Gasteiger partial charge in [0.25, 0.3) is 0 Å². The van der Waals surface area contributed by atoms with Crippen LogP contribution >= 0.6 is 0 Å². The van der Waals surface area contributed by atoms with Crippen LogP contribution in [0.15, 0.2) is 54.6 Å². The van der Waals surface area contributed by atoms with Crippen molar-refractivity contribution in [2.75, 3.05) is 13.2 Å². The Balaban J connectivity index is 1.91. The van der Waals surface area contributed by atoms with Gasteiger partial charge in [0.1, 0.15) is 5.75 Å². The van der Waals surface area contributed by atoms with Gasteiger partial charge < -0.3 is 10.1 Å². The fourth-order valence-electron chi connectivity index (χ4n) is 2.43. The van der Waals surface area contributed by atoms with E-state index in [1.54, 1.807) is 0 Å². The highest BCUT2D eigenvalue weighted by Crippen LogP contribution is 2.19. The molecule has 21 heavy (non-hydrogen) atoms. The number of rotatable bonds is 8. The molecule has 2 aromatic carbocycles. The zero-order valence-corrected chi connectivity index (χ0v) is 13.0. The first-order chi connectivity index (χ1) is 10.3. The topological polar surface area (TPSA) is 21.3 Å². The Kier molecular flexibility index (Phi) is 6.29. The van der Waals surface area contributed by atoms with Crippen molar-refractivity contribution in [3.05, 3.63) is 65.7 Å². The maximum Gasteiger partial charge on any atom is 0.119 e. The quantitative estimate of drug-likeness (QED) is 0.777. The summed E-state index contributed by atoms with van der Waals surface area (Å²) < 4.78 is 5.81. The zero-order chi connectivity index (χ0) is 14.9. The van der Waals surface area contributed by atoms with Gasteiger partial charge in [-0.25, -0.2) is 0 Å². The highest BCUT2D eigenvalue weighted by molar-refractivity contribution is 5.25. The number of benzene rings is 2. The van der Waals surface area contributed by atoms with Crippen LogP contribution in [0.4, 0.5) is 0 Å². The highest BCUT2D eigenvalue weighted by Gasteiger charge is 2.10. The van der Waals surface area contributed by atoms with E-state index in [9.17, 15) is 0 Å². The summed E-state index contributed by atoms with van der Waals surface area (Å²) in [6.07, 6.45) is 2.05. The normalized spacial score (nSPS) is 12.1. The van der Waals surface area contributed by atoms with Crippen LogP contribution in [0.3, 0.4) is 0 Å². The first-order valence-corrected chi connectivity index (χ1v) is 7.83. The van der Waals surface area contributed by atoms with Crippen molar-refractivity contribution in [3.63, 3.8) is 0 Å². The van der Waals surface area contributed by atoms with Crippen molar-refractivity contribution < 1.29 is 4.74 Å². The molecule has 2 rings (SSSR count). The molecule has 0 bridgehead atoms. The largest absolute Gasteiger partial charge is 0.494 e. The summed E-state index contributed by atoms with van der Waals surface area (Å²) in [6.45, 7) is 6.01. The van der Waals surface area contributed by atoms with Gasteiger partial charge in [-0.15, -0.1) is 0 Å². The number of hydrogen-bond donors (Lipinski definition) is 1. The third kappa shape index (κ3) is 4.91. The standard InChI is InChI=1S/C19H25NO/c1-3-16-10-12-17(13-11-16)19(20-4-2)14-15-21-18-8-6-5-7-9-18/h5-13,19-20H,3-4,14-15H2,1-2H3. The molecule has 0 amide bonds. The summed E-state index contributed by atoms with van der Waals surface area (Å²) in [5.41, 5.74) is 2.72. The van der Waals surface area contributed by atoms with E-state index in [4.69, 9.17) is 4.74 Å². The Morgan fingerprint density at radius 1 is 0.952 bits per heavy atom. The average Bonchev–Trinajstić information content (AvgIpc) is 2.55. The van der Waals surface area contributed by atoms with Crippen LogP contribution in [0.2, 0.25) is 0 Å². The Morgan fingerprint density at radius 3 is 2.29 bits per heavy atom.